The third-order valence-corrected chi connectivity index (χ3v) is 7.05. The number of hydrogen-bond acceptors (Lipinski definition) is 4. The van der Waals surface area contributed by atoms with Crippen molar-refractivity contribution in [1.29, 1.82) is 0 Å². The zero-order chi connectivity index (χ0) is 23.8. The van der Waals surface area contributed by atoms with E-state index >= 15 is 0 Å². The lowest BCUT2D eigenvalue weighted by Gasteiger charge is -2.41. The molecular weight excluding hydrogens is 425 g/mol. The number of nitrogens with one attached hydrogen (secondary N) is 1. The van der Waals surface area contributed by atoms with E-state index in [0.29, 0.717) is 38.4 Å². The van der Waals surface area contributed by atoms with Crippen molar-refractivity contribution in [2.45, 2.75) is 57.9 Å². The molecule has 7 nitrogen and oxygen atoms in total. The molecule has 3 aliphatic rings. The molecule has 8 heteroatoms. The number of nitrogens with zero attached hydrogens (tertiary/aromatic N) is 2. The second-order valence-corrected chi connectivity index (χ2v) is 10.2. The Morgan fingerprint density at radius 1 is 1.09 bits per heavy atom. The van der Waals surface area contributed by atoms with Crippen molar-refractivity contribution >= 4 is 23.6 Å². The number of benzene rings is 1. The van der Waals surface area contributed by atoms with Crippen LogP contribution in [0.15, 0.2) is 24.3 Å². The Morgan fingerprint density at radius 3 is 2.30 bits per heavy atom. The molecule has 4 rings (SSSR count). The van der Waals surface area contributed by atoms with Crippen LogP contribution >= 0.6 is 0 Å². The Bertz CT molecular complexity index is 935. The number of carbonyl (C=O) groups excluding carboxylic acids is 4. The van der Waals surface area contributed by atoms with Gasteiger partial charge in [0.1, 0.15) is 11.4 Å². The number of ketones is 1. The number of rotatable bonds is 8. The highest BCUT2D eigenvalue weighted by atomic mass is 19.1. The number of urea groups is 1. The van der Waals surface area contributed by atoms with Gasteiger partial charge in [0, 0.05) is 32.5 Å². The molecule has 0 aromatic heterocycles. The van der Waals surface area contributed by atoms with Crippen LogP contribution in [0.4, 0.5) is 9.18 Å². The van der Waals surface area contributed by atoms with Crippen LogP contribution in [0, 0.1) is 23.6 Å². The van der Waals surface area contributed by atoms with Gasteiger partial charge in [0.15, 0.2) is 0 Å². The minimum atomic E-state index is -1.12. The maximum absolute atomic E-state index is 13.7. The molecule has 4 amide bonds. The molecule has 2 aliphatic heterocycles. The Kier molecular flexibility index (Phi) is 6.54. The van der Waals surface area contributed by atoms with Gasteiger partial charge >= 0.3 is 6.03 Å². The third kappa shape index (κ3) is 4.94. The minimum Gasteiger partial charge on any atom is -0.336 e. The molecule has 1 atom stereocenters. The van der Waals surface area contributed by atoms with E-state index in [1.165, 1.54) is 17.0 Å². The number of Topliss-reactive ketones (excluding diaryl/α,β-unsaturated/α-hetero) is 1. The van der Waals surface area contributed by atoms with Gasteiger partial charge in [0.05, 0.1) is 0 Å². The van der Waals surface area contributed by atoms with Crippen LogP contribution in [0.2, 0.25) is 0 Å². The van der Waals surface area contributed by atoms with Gasteiger partial charge in [-0.05, 0) is 61.1 Å². The quantitative estimate of drug-likeness (QED) is 0.480. The fraction of sp³-hybridized carbons (Fsp3) is 0.600. The average Bonchev–Trinajstić information content (AvgIpc) is 3.57. The molecular formula is C25H32FN3O4. The van der Waals surface area contributed by atoms with Crippen LogP contribution < -0.4 is 5.32 Å². The summed E-state index contributed by atoms with van der Waals surface area (Å²) >= 11 is 0. The first kappa shape index (κ1) is 23.4. The molecule has 1 N–H and O–H groups in total. The molecule has 2 saturated heterocycles. The van der Waals surface area contributed by atoms with Gasteiger partial charge in [-0.15, -0.1) is 0 Å². The van der Waals surface area contributed by atoms with Gasteiger partial charge in [-0.3, -0.25) is 19.3 Å². The summed E-state index contributed by atoms with van der Waals surface area (Å²) in [4.78, 5) is 54.2. The van der Waals surface area contributed by atoms with Crippen LogP contribution in [0.25, 0.3) is 0 Å². The van der Waals surface area contributed by atoms with E-state index in [4.69, 9.17) is 0 Å². The van der Waals surface area contributed by atoms with Gasteiger partial charge in [0.25, 0.3) is 11.8 Å². The summed E-state index contributed by atoms with van der Waals surface area (Å²) in [5.74, 6) is -1.15. The molecule has 0 spiro atoms. The van der Waals surface area contributed by atoms with Gasteiger partial charge < -0.3 is 10.2 Å². The Balaban J connectivity index is 1.53. The zero-order valence-electron chi connectivity index (χ0n) is 19.3. The van der Waals surface area contributed by atoms with E-state index in [1.807, 2.05) is 13.8 Å². The fourth-order valence-corrected chi connectivity index (χ4v) is 5.04. The van der Waals surface area contributed by atoms with Crippen molar-refractivity contribution < 1.29 is 23.6 Å². The second kappa shape index (κ2) is 9.23. The van der Waals surface area contributed by atoms with Crippen LogP contribution in [-0.2, 0) is 20.8 Å². The lowest BCUT2D eigenvalue weighted by atomic mass is 9.73. The highest BCUT2D eigenvalue weighted by molar-refractivity contribution is 6.36. The normalized spacial score (nSPS) is 23.9. The molecule has 178 valence electrons. The summed E-state index contributed by atoms with van der Waals surface area (Å²) in [5.41, 5.74) is -0.357. The van der Waals surface area contributed by atoms with Crippen LogP contribution in [0.5, 0.6) is 0 Å². The number of halogens is 1. The molecule has 0 bridgehead atoms. The van der Waals surface area contributed by atoms with Crippen molar-refractivity contribution in [3.8, 4) is 0 Å². The lowest BCUT2D eigenvalue weighted by Crippen LogP contribution is -2.58. The fourth-order valence-electron chi connectivity index (χ4n) is 5.04. The molecule has 2 heterocycles. The van der Waals surface area contributed by atoms with E-state index in [0.717, 1.165) is 18.4 Å². The standard InChI is InChI=1S/C25H32FN3O4/c1-16(2)13-21(30)22(31)28-11-9-19(10-12-28)25(14-17-5-7-20(26)8-6-17)23(32)29(24(33)27-25)15-18-3-4-18/h5-8,16,18-19H,3-4,9-15H2,1-2H3,(H,27,33)/t25-/m1/s1. The third-order valence-electron chi connectivity index (χ3n) is 7.05. The van der Waals surface area contributed by atoms with Gasteiger partial charge in [0.2, 0.25) is 5.78 Å². The Labute approximate surface area is 193 Å². The van der Waals surface area contributed by atoms with E-state index in [-0.39, 0.29) is 48.2 Å². The van der Waals surface area contributed by atoms with Crippen molar-refractivity contribution in [3.63, 3.8) is 0 Å². The van der Waals surface area contributed by atoms with Crippen LogP contribution in [0.1, 0.15) is 51.5 Å². The number of amides is 4. The second-order valence-electron chi connectivity index (χ2n) is 10.2. The minimum absolute atomic E-state index is 0.113. The highest BCUT2D eigenvalue weighted by Crippen LogP contribution is 2.39. The van der Waals surface area contributed by atoms with E-state index in [1.54, 1.807) is 17.0 Å². The summed E-state index contributed by atoms with van der Waals surface area (Å²) < 4.78 is 13.5. The number of likely N-dealkylation sites (tertiary alicyclic amines) is 1. The SMILES string of the molecule is CC(C)CC(=O)C(=O)N1CCC([C@@]2(Cc3ccc(F)cc3)NC(=O)N(CC3CC3)C2=O)CC1. The van der Waals surface area contributed by atoms with Crippen molar-refractivity contribution in [1.82, 2.24) is 15.1 Å². The van der Waals surface area contributed by atoms with Crippen molar-refractivity contribution in [3.05, 3.63) is 35.6 Å². The van der Waals surface area contributed by atoms with E-state index < -0.39 is 11.4 Å². The highest BCUT2D eigenvalue weighted by Gasteiger charge is 2.56. The largest absolute Gasteiger partial charge is 0.336 e. The smallest absolute Gasteiger partial charge is 0.325 e. The predicted molar refractivity (Wildman–Crippen MR) is 120 cm³/mol. The molecule has 0 unspecified atom stereocenters. The predicted octanol–water partition coefficient (Wildman–Crippen LogP) is 2.92. The molecule has 1 aliphatic carbocycles. The number of carbonyl (C=O) groups is 4. The lowest BCUT2D eigenvalue weighted by molar-refractivity contribution is -0.146. The van der Waals surface area contributed by atoms with Crippen LogP contribution in [-0.4, -0.2) is 58.6 Å². The maximum Gasteiger partial charge on any atom is 0.325 e. The van der Waals surface area contributed by atoms with E-state index in [2.05, 4.69) is 5.32 Å². The number of hydrogen-bond donors (Lipinski definition) is 1. The molecule has 0 radical (unpaired) electrons. The Morgan fingerprint density at radius 2 is 1.73 bits per heavy atom. The van der Waals surface area contributed by atoms with Crippen molar-refractivity contribution in [2.75, 3.05) is 19.6 Å². The summed E-state index contributed by atoms with van der Waals surface area (Å²) in [5, 5.41) is 3.00. The summed E-state index contributed by atoms with van der Waals surface area (Å²) in [6.45, 7) is 4.96. The first-order valence-electron chi connectivity index (χ1n) is 11.9. The maximum atomic E-state index is 13.7. The summed E-state index contributed by atoms with van der Waals surface area (Å²) in [7, 11) is 0. The van der Waals surface area contributed by atoms with Gasteiger partial charge in [-0.25, -0.2) is 9.18 Å². The zero-order valence-corrected chi connectivity index (χ0v) is 19.3. The molecule has 33 heavy (non-hydrogen) atoms. The summed E-state index contributed by atoms with van der Waals surface area (Å²) in [6.07, 6.45) is 3.54. The Hall–Kier alpha value is -2.77. The first-order chi connectivity index (χ1) is 15.7. The van der Waals surface area contributed by atoms with Gasteiger partial charge in [-0.1, -0.05) is 26.0 Å². The van der Waals surface area contributed by atoms with Crippen molar-refractivity contribution in [2.24, 2.45) is 17.8 Å². The topological polar surface area (TPSA) is 86.8 Å². The van der Waals surface area contributed by atoms with Crippen LogP contribution in [0.3, 0.4) is 0 Å². The molecule has 1 aromatic carbocycles. The number of imide groups is 1. The summed E-state index contributed by atoms with van der Waals surface area (Å²) in [6, 6.07) is 5.62. The van der Waals surface area contributed by atoms with Gasteiger partial charge in [-0.2, -0.15) is 0 Å². The molecule has 1 saturated carbocycles. The monoisotopic (exact) mass is 457 g/mol. The first-order valence-corrected chi connectivity index (χ1v) is 11.9. The number of piperidine rings is 1. The average molecular weight is 458 g/mol. The molecule has 1 aromatic rings. The van der Waals surface area contributed by atoms with E-state index in [9.17, 15) is 23.6 Å². The molecule has 3 fully saturated rings.